The van der Waals surface area contributed by atoms with Gasteiger partial charge in [-0.2, -0.15) is 0 Å². The van der Waals surface area contributed by atoms with Gasteiger partial charge in [0.2, 0.25) is 0 Å². The number of hydrogen-bond acceptors (Lipinski definition) is 4. The maximum Gasteiger partial charge on any atom is 0.266 e. The zero-order valence-corrected chi connectivity index (χ0v) is 14.9. The minimum absolute atomic E-state index is 0.00775. The first-order valence-electron chi connectivity index (χ1n) is 8.13. The molecule has 6 heteroatoms. The highest BCUT2D eigenvalue weighted by molar-refractivity contribution is 7.12. The van der Waals surface area contributed by atoms with Crippen molar-refractivity contribution in [2.24, 2.45) is 0 Å². The normalized spacial score (nSPS) is 12.7. The fraction of sp³-hybridized carbons (Fsp3) is 0.100. The average molecular weight is 364 g/mol. The quantitative estimate of drug-likeness (QED) is 0.728. The number of carbonyl (C=O) groups excluding carboxylic acids is 2. The number of fused-ring (bicyclic) bond motifs is 1. The first kappa shape index (κ1) is 16.4. The molecule has 1 aliphatic rings. The van der Waals surface area contributed by atoms with Gasteiger partial charge in [-0.1, -0.05) is 29.8 Å². The van der Waals surface area contributed by atoms with Gasteiger partial charge in [-0.05, 0) is 42.1 Å². The van der Waals surface area contributed by atoms with Crippen LogP contribution in [0, 0.1) is 6.92 Å². The van der Waals surface area contributed by atoms with E-state index in [1.807, 2.05) is 42.6 Å². The molecule has 0 saturated carbocycles. The van der Waals surface area contributed by atoms with Crippen molar-refractivity contribution >= 4 is 34.5 Å². The largest absolute Gasteiger partial charge is 0.482 e. The summed E-state index contributed by atoms with van der Waals surface area (Å²) in [5.41, 5.74) is 4.25. The Bertz CT molecular complexity index is 993. The number of ether oxygens (including phenoxy) is 1. The molecule has 4 rings (SSSR count). The van der Waals surface area contributed by atoms with E-state index in [2.05, 4.69) is 10.6 Å². The van der Waals surface area contributed by atoms with Crippen molar-refractivity contribution in [1.29, 1.82) is 0 Å². The Morgan fingerprint density at radius 1 is 1.15 bits per heavy atom. The van der Waals surface area contributed by atoms with E-state index in [0.29, 0.717) is 22.0 Å². The van der Waals surface area contributed by atoms with E-state index in [-0.39, 0.29) is 18.4 Å². The molecule has 0 saturated heterocycles. The van der Waals surface area contributed by atoms with Crippen LogP contribution in [0.1, 0.15) is 15.2 Å². The Morgan fingerprint density at radius 2 is 1.96 bits per heavy atom. The molecular weight excluding hydrogens is 348 g/mol. The molecule has 3 aromatic rings. The number of nitrogens with one attached hydrogen (secondary N) is 2. The standard InChI is InChI=1S/C20H16N2O3S/c1-12-2-4-13(5-3-12)15-8-9-26-19(15)20(24)21-14-6-7-17-16(10-14)22-18(23)11-25-17/h2-10H,11H2,1H3,(H,21,24)(H,22,23). The minimum Gasteiger partial charge on any atom is -0.482 e. The van der Waals surface area contributed by atoms with Crippen molar-refractivity contribution in [3.63, 3.8) is 0 Å². The molecule has 0 radical (unpaired) electrons. The first-order valence-corrected chi connectivity index (χ1v) is 9.01. The van der Waals surface area contributed by atoms with E-state index in [4.69, 9.17) is 4.74 Å². The molecule has 0 fully saturated rings. The van der Waals surface area contributed by atoms with Gasteiger partial charge in [0, 0.05) is 11.3 Å². The van der Waals surface area contributed by atoms with E-state index < -0.39 is 0 Å². The molecule has 1 aliphatic heterocycles. The Kier molecular flexibility index (Phi) is 4.18. The molecule has 2 N–H and O–H groups in total. The molecule has 0 spiro atoms. The Labute approximate surface area is 154 Å². The lowest BCUT2D eigenvalue weighted by atomic mass is 10.0. The van der Waals surface area contributed by atoms with Gasteiger partial charge < -0.3 is 15.4 Å². The zero-order chi connectivity index (χ0) is 18.1. The third-order valence-electron chi connectivity index (χ3n) is 4.10. The van der Waals surface area contributed by atoms with Crippen molar-refractivity contribution in [3.8, 4) is 16.9 Å². The van der Waals surface area contributed by atoms with E-state index >= 15 is 0 Å². The summed E-state index contributed by atoms with van der Waals surface area (Å²) >= 11 is 1.40. The Balaban J connectivity index is 1.58. The van der Waals surface area contributed by atoms with Crippen molar-refractivity contribution in [2.45, 2.75) is 6.92 Å². The lowest BCUT2D eigenvalue weighted by Crippen LogP contribution is -2.25. The maximum absolute atomic E-state index is 12.7. The number of rotatable bonds is 3. The van der Waals surface area contributed by atoms with Crippen LogP contribution >= 0.6 is 11.3 Å². The second-order valence-corrected chi connectivity index (χ2v) is 6.95. The predicted molar refractivity (Wildman–Crippen MR) is 103 cm³/mol. The maximum atomic E-state index is 12.7. The summed E-state index contributed by atoms with van der Waals surface area (Å²) in [4.78, 5) is 24.8. The first-order chi connectivity index (χ1) is 12.6. The number of hydrogen-bond donors (Lipinski definition) is 2. The van der Waals surface area contributed by atoms with Gasteiger partial charge in [0.25, 0.3) is 11.8 Å². The predicted octanol–water partition coefficient (Wildman–Crippen LogP) is 4.31. The van der Waals surface area contributed by atoms with Crippen LogP contribution in [0.5, 0.6) is 5.75 Å². The number of anilines is 2. The molecule has 26 heavy (non-hydrogen) atoms. The van der Waals surface area contributed by atoms with E-state index in [1.54, 1.807) is 18.2 Å². The van der Waals surface area contributed by atoms with Crippen molar-refractivity contribution in [3.05, 3.63) is 64.4 Å². The number of amides is 2. The zero-order valence-electron chi connectivity index (χ0n) is 14.0. The highest BCUT2D eigenvalue weighted by Gasteiger charge is 2.18. The molecule has 0 unspecified atom stereocenters. The molecule has 2 amide bonds. The molecule has 0 aliphatic carbocycles. The van der Waals surface area contributed by atoms with Crippen LogP contribution in [-0.4, -0.2) is 18.4 Å². The van der Waals surface area contributed by atoms with Gasteiger partial charge in [0.1, 0.15) is 5.75 Å². The molecule has 1 aromatic heterocycles. The van der Waals surface area contributed by atoms with Crippen LogP contribution in [0.3, 0.4) is 0 Å². The van der Waals surface area contributed by atoms with Gasteiger partial charge in [0.05, 0.1) is 10.6 Å². The number of thiophene rings is 1. The Hall–Kier alpha value is -3.12. The molecular formula is C20H16N2O3S. The highest BCUT2D eigenvalue weighted by atomic mass is 32.1. The van der Waals surface area contributed by atoms with Gasteiger partial charge in [-0.3, -0.25) is 9.59 Å². The number of aryl methyl sites for hydroxylation is 1. The molecule has 2 heterocycles. The second kappa shape index (κ2) is 6.65. The lowest BCUT2D eigenvalue weighted by Gasteiger charge is -2.18. The molecule has 2 aromatic carbocycles. The Morgan fingerprint density at radius 3 is 2.77 bits per heavy atom. The van der Waals surface area contributed by atoms with Crippen molar-refractivity contribution in [1.82, 2.24) is 0 Å². The van der Waals surface area contributed by atoms with Crippen LogP contribution in [0.25, 0.3) is 11.1 Å². The summed E-state index contributed by atoms with van der Waals surface area (Å²) < 4.78 is 5.33. The highest BCUT2D eigenvalue weighted by Crippen LogP contribution is 2.32. The van der Waals surface area contributed by atoms with Crippen molar-refractivity contribution in [2.75, 3.05) is 17.2 Å². The number of benzene rings is 2. The van der Waals surface area contributed by atoms with Crippen LogP contribution in [0.2, 0.25) is 0 Å². The monoisotopic (exact) mass is 364 g/mol. The van der Waals surface area contributed by atoms with Gasteiger partial charge >= 0.3 is 0 Å². The minimum atomic E-state index is -0.208. The third kappa shape index (κ3) is 3.19. The molecule has 0 atom stereocenters. The van der Waals surface area contributed by atoms with E-state index in [0.717, 1.165) is 11.1 Å². The summed E-state index contributed by atoms with van der Waals surface area (Å²) in [7, 11) is 0. The SMILES string of the molecule is Cc1ccc(-c2ccsc2C(=O)Nc2ccc3c(c2)NC(=O)CO3)cc1. The van der Waals surface area contributed by atoms with E-state index in [1.165, 1.54) is 16.9 Å². The molecule has 0 bridgehead atoms. The fourth-order valence-corrected chi connectivity index (χ4v) is 3.61. The topological polar surface area (TPSA) is 67.4 Å². The number of carbonyl (C=O) groups is 2. The van der Waals surface area contributed by atoms with Gasteiger partial charge in [-0.25, -0.2) is 0 Å². The summed E-state index contributed by atoms with van der Waals surface area (Å²) in [5.74, 6) is 0.207. The van der Waals surface area contributed by atoms with Crippen LogP contribution < -0.4 is 15.4 Å². The van der Waals surface area contributed by atoms with Crippen LogP contribution in [-0.2, 0) is 4.79 Å². The summed E-state index contributed by atoms with van der Waals surface area (Å²) in [5, 5.41) is 7.54. The van der Waals surface area contributed by atoms with Gasteiger partial charge in [0.15, 0.2) is 6.61 Å². The van der Waals surface area contributed by atoms with Crippen molar-refractivity contribution < 1.29 is 14.3 Å². The second-order valence-electron chi connectivity index (χ2n) is 6.03. The lowest BCUT2D eigenvalue weighted by molar-refractivity contribution is -0.118. The van der Waals surface area contributed by atoms with E-state index in [9.17, 15) is 9.59 Å². The fourth-order valence-electron chi connectivity index (χ4n) is 2.79. The summed E-state index contributed by atoms with van der Waals surface area (Å²) in [6.07, 6.45) is 0. The molecule has 130 valence electrons. The van der Waals surface area contributed by atoms with Gasteiger partial charge in [-0.15, -0.1) is 11.3 Å². The molecule has 5 nitrogen and oxygen atoms in total. The smallest absolute Gasteiger partial charge is 0.266 e. The van der Waals surface area contributed by atoms with Crippen LogP contribution in [0.15, 0.2) is 53.9 Å². The van der Waals surface area contributed by atoms with Crippen LogP contribution in [0.4, 0.5) is 11.4 Å². The average Bonchev–Trinajstić information content (AvgIpc) is 3.12. The summed E-state index contributed by atoms with van der Waals surface area (Å²) in [6, 6.07) is 15.2. The third-order valence-corrected chi connectivity index (χ3v) is 5.02. The summed E-state index contributed by atoms with van der Waals surface area (Å²) in [6.45, 7) is 2.04.